The molecule has 1 atom stereocenters. The van der Waals surface area contributed by atoms with Crippen LogP contribution in [0.4, 0.5) is 5.69 Å². The highest BCUT2D eigenvalue weighted by molar-refractivity contribution is 5.78. The number of amides is 1. The van der Waals surface area contributed by atoms with Gasteiger partial charge in [0.1, 0.15) is 0 Å². The van der Waals surface area contributed by atoms with Crippen LogP contribution >= 0.6 is 0 Å². The van der Waals surface area contributed by atoms with Gasteiger partial charge in [-0.15, -0.1) is 0 Å². The largest absolute Gasteiger partial charge is 0.348 e. The zero-order valence-corrected chi connectivity index (χ0v) is 15.4. The molecule has 28 heavy (non-hydrogen) atoms. The lowest BCUT2D eigenvalue weighted by Crippen LogP contribution is -2.42. The zero-order valence-electron chi connectivity index (χ0n) is 15.4. The highest BCUT2D eigenvalue weighted by Gasteiger charge is 2.31. The van der Waals surface area contributed by atoms with Crippen molar-refractivity contribution in [3.05, 3.63) is 99.9 Å². The summed E-state index contributed by atoms with van der Waals surface area (Å²) in [4.78, 5) is 25.8. The third-order valence-electron chi connectivity index (χ3n) is 5.27. The smallest absolute Gasteiger partial charge is 0.272 e. The quantitative estimate of drug-likeness (QED) is 0.501. The second kappa shape index (κ2) is 7.68. The Bertz CT molecular complexity index is 997. The molecule has 142 valence electrons. The van der Waals surface area contributed by atoms with E-state index in [2.05, 4.69) is 10.6 Å². The van der Waals surface area contributed by atoms with Gasteiger partial charge in [0.05, 0.1) is 11.0 Å². The molecule has 0 N–H and O–H groups in total. The van der Waals surface area contributed by atoms with Crippen molar-refractivity contribution in [1.82, 2.24) is 9.47 Å². The second-order valence-electron chi connectivity index (χ2n) is 6.91. The van der Waals surface area contributed by atoms with Crippen LogP contribution in [0, 0.1) is 10.1 Å². The van der Waals surface area contributed by atoms with E-state index < -0.39 is 0 Å². The van der Waals surface area contributed by atoms with E-state index in [1.807, 2.05) is 47.5 Å². The molecule has 0 radical (unpaired) electrons. The van der Waals surface area contributed by atoms with E-state index in [9.17, 15) is 14.9 Å². The molecule has 3 aromatic rings. The molecule has 1 aliphatic rings. The molecule has 0 unspecified atom stereocenters. The topological polar surface area (TPSA) is 68.4 Å². The zero-order chi connectivity index (χ0) is 19.5. The molecule has 6 heteroatoms. The lowest BCUT2D eigenvalue weighted by Gasteiger charge is -2.37. The van der Waals surface area contributed by atoms with E-state index in [1.54, 1.807) is 18.2 Å². The number of benzene rings is 2. The minimum absolute atomic E-state index is 0.0134. The fourth-order valence-electron chi connectivity index (χ4n) is 3.92. The molecule has 1 aromatic heterocycles. The predicted molar refractivity (Wildman–Crippen MR) is 106 cm³/mol. The minimum Gasteiger partial charge on any atom is -0.348 e. The van der Waals surface area contributed by atoms with Crippen LogP contribution in [0.2, 0.25) is 0 Å². The number of nitro groups is 1. The van der Waals surface area contributed by atoms with Gasteiger partial charge in [-0.2, -0.15) is 0 Å². The van der Waals surface area contributed by atoms with Crippen molar-refractivity contribution >= 4 is 11.6 Å². The van der Waals surface area contributed by atoms with Crippen molar-refractivity contribution in [2.75, 3.05) is 6.54 Å². The highest BCUT2D eigenvalue weighted by Crippen LogP contribution is 2.33. The summed E-state index contributed by atoms with van der Waals surface area (Å²) in [6.07, 6.45) is 2.64. The summed E-state index contributed by atoms with van der Waals surface area (Å²) in [6.45, 7) is 1.37. The van der Waals surface area contributed by atoms with E-state index in [-0.39, 0.29) is 29.0 Å². The number of carbonyl (C=O) groups excluding carboxylic acids is 1. The fourth-order valence-corrected chi connectivity index (χ4v) is 3.92. The van der Waals surface area contributed by atoms with Crippen LogP contribution in [0.25, 0.3) is 0 Å². The molecule has 1 amide bonds. The SMILES string of the molecule is O=C(CCc1ccccc1[N+](=O)[O-])N1CCn2cccc2[C@@H]1c1ccccc1. The molecule has 2 aromatic carbocycles. The summed E-state index contributed by atoms with van der Waals surface area (Å²) >= 11 is 0. The Morgan fingerprint density at radius 1 is 1.00 bits per heavy atom. The number of rotatable bonds is 5. The van der Waals surface area contributed by atoms with Gasteiger partial charge < -0.3 is 9.47 Å². The number of carbonyl (C=O) groups is 1. The molecular formula is C22H21N3O3. The maximum absolute atomic E-state index is 13.1. The first-order valence-corrected chi connectivity index (χ1v) is 9.37. The Kier molecular flexibility index (Phi) is 4.93. The number of nitro benzene ring substituents is 1. The average Bonchev–Trinajstić information content (AvgIpc) is 3.21. The van der Waals surface area contributed by atoms with Gasteiger partial charge in [0.2, 0.25) is 5.91 Å². The van der Waals surface area contributed by atoms with E-state index in [4.69, 9.17) is 0 Å². The van der Waals surface area contributed by atoms with Crippen LogP contribution in [0.15, 0.2) is 72.9 Å². The monoisotopic (exact) mass is 375 g/mol. The summed E-state index contributed by atoms with van der Waals surface area (Å²) in [5, 5.41) is 11.2. The summed E-state index contributed by atoms with van der Waals surface area (Å²) in [7, 11) is 0. The van der Waals surface area contributed by atoms with Gasteiger partial charge in [0, 0.05) is 43.0 Å². The lowest BCUT2D eigenvalue weighted by atomic mass is 9.99. The summed E-state index contributed by atoms with van der Waals surface area (Å²) in [6, 6.07) is 20.6. The van der Waals surface area contributed by atoms with Gasteiger partial charge >= 0.3 is 0 Å². The summed E-state index contributed by atoms with van der Waals surface area (Å²) < 4.78 is 2.18. The third kappa shape index (κ3) is 3.41. The molecule has 4 rings (SSSR count). The Morgan fingerprint density at radius 3 is 2.54 bits per heavy atom. The molecular weight excluding hydrogens is 354 g/mol. The Balaban J connectivity index is 1.57. The normalized spacial score (nSPS) is 15.9. The second-order valence-corrected chi connectivity index (χ2v) is 6.91. The third-order valence-corrected chi connectivity index (χ3v) is 5.27. The summed E-state index contributed by atoms with van der Waals surface area (Å²) in [5.74, 6) is 0.0134. The first-order chi connectivity index (χ1) is 13.6. The minimum atomic E-state index is -0.389. The highest BCUT2D eigenvalue weighted by atomic mass is 16.6. The number of aryl methyl sites for hydroxylation is 1. The lowest BCUT2D eigenvalue weighted by molar-refractivity contribution is -0.385. The number of hydrogen-bond acceptors (Lipinski definition) is 3. The van der Waals surface area contributed by atoms with Crippen molar-refractivity contribution in [3.8, 4) is 0 Å². The fraction of sp³-hybridized carbons (Fsp3) is 0.227. The van der Waals surface area contributed by atoms with Crippen molar-refractivity contribution in [2.45, 2.75) is 25.4 Å². The average molecular weight is 375 g/mol. The molecule has 1 aliphatic heterocycles. The van der Waals surface area contributed by atoms with Gasteiger partial charge in [0.25, 0.3) is 5.69 Å². The number of hydrogen-bond donors (Lipinski definition) is 0. The van der Waals surface area contributed by atoms with Crippen molar-refractivity contribution in [1.29, 1.82) is 0 Å². The van der Waals surface area contributed by atoms with Gasteiger partial charge in [-0.05, 0) is 24.1 Å². The number of nitrogens with zero attached hydrogens (tertiary/aromatic N) is 3. The van der Waals surface area contributed by atoms with E-state index in [1.165, 1.54) is 6.07 Å². The Morgan fingerprint density at radius 2 is 1.75 bits per heavy atom. The van der Waals surface area contributed by atoms with E-state index in [0.29, 0.717) is 18.5 Å². The van der Waals surface area contributed by atoms with Crippen LogP contribution in [0.3, 0.4) is 0 Å². The van der Waals surface area contributed by atoms with E-state index in [0.717, 1.165) is 17.8 Å². The van der Waals surface area contributed by atoms with Gasteiger partial charge in [-0.25, -0.2) is 0 Å². The number of aromatic nitrogens is 1. The first-order valence-electron chi connectivity index (χ1n) is 9.37. The molecule has 6 nitrogen and oxygen atoms in total. The molecule has 0 fully saturated rings. The van der Waals surface area contributed by atoms with Crippen LogP contribution in [0.5, 0.6) is 0 Å². The van der Waals surface area contributed by atoms with E-state index >= 15 is 0 Å². The molecule has 0 spiro atoms. The van der Waals surface area contributed by atoms with Gasteiger partial charge in [-0.3, -0.25) is 14.9 Å². The molecule has 0 saturated heterocycles. The number of fused-ring (bicyclic) bond motifs is 1. The predicted octanol–water partition coefficient (Wildman–Crippen LogP) is 3.96. The standard InChI is InChI=1S/C22H21N3O3/c26-21(13-12-17-7-4-5-10-19(17)25(27)28)24-16-15-23-14-6-11-20(23)22(24)18-8-2-1-3-9-18/h1-11,14,22H,12-13,15-16H2/t22-/m0/s1. The van der Waals surface area contributed by atoms with Crippen LogP contribution in [0.1, 0.15) is 29.3 Å². The molecule has 0 bridgehead atoms. The van der Waals surface area contributed by atoms with Crippen molar-refractivity contribution < 1.29 is 9.72 Å². The van der Waals surface area contributed by atoms with Gasteiger partial charge in [-0.1, -0.05) is 48.5 Å². The van der Waals surface area contributed by atoms with Crippen LogP contribution in [-0.4, -0.2) is 26.8 Å². The van der Waals surface area contributed by atoms with Crippen LogP contribution in [-0.2, 0) is 17.8 Å². The maximum Gasteiger partial charge on any atom is 0.272 e. The molecule has 2 heterocycles. The first kappa shape index (κ1) is 18.0. The Labute approximate surface area is 163 Å². The summed E-state index contributed by atoms with van der Waals surface area (Å²) in [5.41, 5.74) is 2.83. The molecule has 0 saturated carbocycles. The Hall–Kier alpha value is -3.41. The number of para-hydroxylation sites is 1. The van der Waals surface area contributed by atoms with Crippen molar-refractivity contribution in [3.63, 3.8) is 0 Å². The van der Waals surface area contributed by atoms with Gasteiger partial charge in [0.15, 0.2) is 0 Å². The van der Waals surface area contributed by atoms with Crippen LogP contribution < -0.4 is 0 Å². The molecule has 0 aliphatic carbocycles. The maximum atomic E-state index is 13.1. The van der Waals surface area contributed by atoms with Crippen molar-refractivity contribution in [2.24, 2.45) is 0 Å².